The molecule has 1 atom stereocenters. The van der Waals surface area contributed by atoms with E-state index in [1.807, 2.05) is 6.07 Å². The predicted octanol–water partition coefficient (Wildman–Crippen LogP) is 0.999. The number of nitrogens with zero attached hydrogens (tertiary/aromatic N) is 1. The minimum absolute atomic E-state index is 0.249. The largest absolute Gasteiger partial charge is 0.393 e. The monoisotopic (exact) mass is 260 g/mol. The summed E-state index contributed by atoms with van der Waals surface area (Å²) in [6.07, 6.45) is 1.65. The second-order valence-corrected chi connectivity index (χ2v) is 4.20. The van der Waals surface area contributed by atoms with E-state index < -0.39 is 5.60 Å². The van der Waals surface area contributed by atoms with E-state index in [-0.39, 0.29) is 13.2 Å². The average Bonchev–Trinajstić information content (AvgIpc) is 2.17. The van der Waals surface area contributed by atoms with E-state index in [0.29, 0.717) is 5.82 Å². The van der Waals surface area contributed by atoms with Crippen LogP contribution in [0, 0.1) is 0 Å². The fraction of sp³-hybridized carbons (Fsp3) is 0.444. The molecule has 0 fully saturated rings. The van der Waals surface area contributed by atoms with Crippen LogP contribution in [0.4, 0.5) is 5.82 Å². The first kappa shape index (κ1) is 11.4. The van der Waals surface area contributed by atoms with Crippen molar-refractivity contribution in [2.24, 2.45) is 0 Å². The van der Waals surface area contributed by atoms with E-state index in [1.165, 1.54) is 0 Å². The Labute approximate surface area is 91.1 Å². The van der Waals surface area contributed by atoms with Gasteiger partial charge in [-0.2, -0.15) is 0 Å². The number of nitrogens with one attached hydrogen (secondary N) is 1. The first-order valence-corrected chi connectivity index (χ1v) is 5.02. The lowest BCUT2D eigenvalue weighted by atomic mass is 10.1. The summed E-state index contributed by atoms with van der Waals surface area (Å²) in [4.78, 5) is 4.06. The predicted molar refractivity (Wildman–Crippen MR) is 58.1 cm³/mol. The summed E-state index contributed by atoms with van der Waals surface area (Å²) >= 11 is 3.32. The number of halogens is 1. The molecule has 1 heterocycles. The molecular formula is C9H13BrN2O2. The molecule has 1 aromatic rings. The zero-order chi connectivity index (χ0) is 10.6. The maximum atomic E-state index is 9.52. The van der Waals surface area contributed by atoms with Crippen LogP contribution >= 0.6 is 15.9 Å². The van der Waals surface area contributed by atoms with Gasteiger partial charge in [0.25, 0.3) is 0 Å². The molecule has 0 amide bonds. The van der Waals surface area contributed by atoms with Gasteiger partial charge in [-0.15, -0.1) is 0 Å². The standard InChI is InChI=1S/C9H13BrN2O2/c1-9(14,6-13)5-12-8-7(10)3-2-4-11-8/h2-4,13-14H,5-6H2,1H3,(H,11,12). The van der Waals surface area contributed by atoms with E-state index >= 15 is 0 Å². The van der Waals surface area contributed by atoms with Crippen LogP contribution < -0.4 is 5.32 Å². The molecule has 1 aromatic heterocycles. The first-order chi connectivity index (χ1) is 6.55. The highest BCUT2D eigenvalue weighted by atomic mass is 79.9. The van der Waals surface area contributed by atoms with Gasteiger partial charge in [-0.25, -0.2) is 4.98 Å². The Bertz CT molecular complexity index is 305. The van der Waals surface area contributed by atoms with Crippen molar-refractivity contribution in [3.05, 3.63) is 22.8 Å². The van der Waals surface area contributed by atoms with Crippen molar-refractivity contribution in [2.45, 2.75) is 12.5 Å². The molecule has 1 unspecified atom stereocenters. The van der Waals surface area contributed by atoms with Gasteiger partial charge in [0.2, 0.25) is 0 Å². The molecule has 0 spiro atoms. The Morgan fingerprint density at radius 2 is 2.36 bits per heavy atom. The number of hydrogen-bond acceptors (Lipinski definition) is 4. The molecule has 5 heteroatoms. The van der Waals surface area contributed by atoms with E-state index in [4.69, 9.17) is 5.11 Å². The van der Waals surface area contributed by atoms with E-state index in [0.717, 1.165) is 4.47 Å². The third-order valence-corrected chi connectivity index (χ3v) is 2.38. The molecule has 0 aliphatic rings. The van der Waals surface area contributed by atoms with Crippen molar-refractivity contribution in [3.63, 3.8) is 0 Å². The Kier molecular flexibility index (Phi) is 3.86. The van der Waals surface area contributed by atoms with Gasteiger partial charge < -0.3 is 15.5 Å². The summed E-state index contributed by atoms with van der Waals surface area (Å²) in [6, 6.07) is 3.66. The molecule has 4 nitrogen and oxygen atoms in total. The lowest BCUT2D eigenvalue weighted by Gasteiger charge is -2.21. The van der Waals surface area contributed by atoms with Crippen molar-refractivity contribution in [3.8, 4) is 0 Å². The Morgan fingerprint density at radius 3 is 2.93 bits per heavy atom. The maximum absolute atomic E-state index is 9.52. The molecule has 1 rings (SSSR count). The fourth-order valence-electron chi connectivity index (χ4n) is 0.846. The van der Waals surface area contributed by atoms with Gasteiger partial charge in [-0.05, 0) is 35.0 Å². The van der Waals surface area contributed by atoms with Gasteiger partial charge in [0, 0.05) is 12.7 Å². The third kappa shape index (κ3) is 3.25. The van der Waals surface area contributed by atoms with Crippen molar-refractivity contribution < 1.29 is 10.2 Å². The highest BCUT2D eigenvalue weighted by Gasteiger charge is 2.18. The molecule has 0 saturated carbocycles. The van der Waals surface area contributed by atoms with Gasteiger partial charge in [0.05, 0.1) is 11.1 Å². The SMILES string of the molecule is CC(O)(CO)CNc1ncccc1Br. The fourth-order valence-corrected chi connectivity index (χ4v) is 1.24. The van der Waals surface area contributed by atoms with Gasteiger partial charge in [-0.3, -0.25) is 0 Å². The lowest BCUT2D eigenvalue weighted by molar-refractivity contribution is 0.0131. The van der Waals surface area contributed by atoms with Gasteiger partial charge in [-0.1, -0.05) is 0 Å². The van der Waals surface area contributed by atoms with Crippen LogP contribution in [0.1, 0.15) is 6.92 Å². The Hall–Kier alpha value is -0.650. The van der Waals surface area contributed by atoms with Crippen molar-refractivity contribution in [1.82, 2.24) is 4.98 Å². The summed E-state index contributed by atoms with van der Waals surface area (Å²) < 4.78 is 0.828. The highest BCUT2D eigenvalue weighted by molar-refractivity contribution is 9.10. The Balaban J connectivity index is 2.58. The zero-order valence-corrected chi connectivity index (χ0v) is 9.45. The minimum atomic E-state index is -1.13. The molecular weight excluding hydrogens is 248 g/mol. The van der Waals surface area contributed by atoms with E-state index in [1.54, 1.807) is 19.2 Å². The van der Waals surface area contributed by atoms with Crippen molar-refractivity contribution in [2.75, 3.05) is 18.5 Å². The number of hydrogen-bond donors (Lipinski definition) is 3. The molecule has 3 N–H and O–H groups in total. The number of aromatic nitrogens is 1. The zero-order valence-electron chi connectivity index (χ0n) is 7.87. The molecule has 0 saturated heterocycles. The molecule has 0 radical (unpaired) electrons. The van der Waals surface area contributed by atoms with Crippen LogP contribution in [0.25, 0.3) is 0 Å². The molecule has 0 aromatic carbocycles. The summed E-state index contributed by atoms with van der Waals surface area (Å²) in [6.45, 7) is 1.51. The molecule has 14 heavy (non-hydrogen) atoms. The minimum Gasteiger partial charge on any atom is -0.393 e. The summed E-state index contributed by atoms with van der Waals surface area (Å²) in [5.41, 5.74) is -1.13. The first-order valence-electron chi connectivity index (χ1n) is 4.23. The van der Waals surface area contributed by atoms with E-state index in [9.17, 15) is 5.11 Å². The van der Waals surface area contributed by atoms with Crippen LogP contribution in [0.2, 0.25) is 0 Å². The van der Waals surface area contributed by atoms with Gasteiger partial charge in [0.15, 0.2) is 0 Å². The Morgan fingerprint density at radius 1 is 1.64 bits per heavy atom. The molecule has 0 aliphatic heterocycles. The van der Waals surface area contributed by atoms with Crippen LogP contribution in [0.15, 0.2) is 22.8 Å². The number of aliphatic hydroxyl groups is 2. The second-order valence-electron chi connectivity index (χ2n) is 3.34. The summed E-state index contributed by atoms with van der Waals surface area (Å²) in [5.74, 6) is 0.654. The third-order valence-electron chi connectivity index (χ3n) is 1.74. The number of anilines is 1. The van der Waals surface area contributed by atoms with Crippen molar-refractivity contribution >= 4 is 21.7 Å². The second kappa shape index (κ2) is 4.72. The summed E-state index contributed by atoms with van der Waals surface area (Å²) in [7, 11) is 0. The highest BCUT2D eigenvalue weighted by Crippen LogP contribution is 2.18. The smallest absolute Gasteiger partial charge is 0.140 e. The van der Waals surface area contributed by atoms with Crippen molar-refractivity contribution in [1.29, 1.82) is 0 Å². The molecule has 0 aliphatic carbocycles. The average molecular weight is 261 g/mol. The normalized spacial score (nSPS) is 14.9. The topological polar surface area (TPSA) is 65.4 Å². The number of pyridine rings is 1. The van der Waals surface area contributed by atoms with E-state index in [2.05, 4.69) is 26.2 Å². The maximum Gasteiger partial charge on any atom is 0.140 e. The quantitative estimate of drug-likeness (QED) is 0.756. The molecule has 0 bridgehead atoms. The van der Waals surface area contributed by atoms with Crippen LogP contribution in [-0.4, -0.2) is 33.9 Å². The number of aliphatic hydroxyl groups excluding tert-OH is 1. The van der Waals surface area contributed by atoms with Gasteiger partial charge in [0.1, 0.15) is 11.4 Å². The van der Waals surface area contributed by atoms with Crippen LogP contribution in [0.3, 0.4) is 0 Å². The van der Waals surface area contributed by atoms with Gasteiger partial charge >= 0.3 is 0 Å². The summed E-state index contributed by atoms with van der Waals surface area (Å²) in [5, 5.41) is 21.3. The lowest BCUT2D eigenvalue weighted by Crippen LogP contribution is -2.37. The molecule has 78 valence electrons. The van der Waals surface area contributed by atoms with Crippen LogP contribution in [-0.2, 0) is 0 Å². The van der Waals surface area contributed by atoms with Crippen LogP contribution in [0.5, 0.6) is 0 Å². The number of rotatable bonds is 4.